The van der Waals surface area contributed by atoms with E-state index in [1.54, 1.807) is 6.08 Å². The van der Waals surface area contributed by atoms with Crippen LogP contribution in [0.5, 0.6) is 0 Å². The largest absolute Gasteiger partial charge is 0.258 e. The zero-order valence-electron chi connectivity index (χ0n) is 8.81. The van der Waals surface area contributed by atoms with E-state index in [4.69, 9.17) is 0 Å². The molecule has 0 heterocycles. The van der Waals surface area contributed by atoms with Crippen molar-refractivity contribution in [1.82, 2.24) is 0 Å². The Morgan fingerprint density at radius 1 is 1.33 bits per heavy atom. The van der Waals surface area contributed by atoms with Crippen LogP contribution < -0.4 is 0 Å². The highest BCUT2D eigenvalue weighted by molar-refractivity contribution is 5.93. The average Bonchev–Trinajstić information content (AvgIpc) is 1.97. The molecule has 0 unspecified atom stereocenters. The van der Waals surface area contributed by atoms with E-state index in [0.29, 0.717) is 0 Å². The van der Waals surface area contributed by atoms with Crippen molar-refractivity contribution in [3.05, 3.63) is 24.4 Å². The molecule has 0 N–H and O–H groups in total. The first-order valence-electron chi connectivity index (χ1n) is 4.26. The monoisotopic (exact) mass is 165 g/mol. The van der Waals surface area contributed by atoms with Crippen LogP contribution in [0.25, 0.3) is 0 Å². The minimum Gasteiger partial charge on any atom is -0.258 e. The molecule has 0 spiro atoms. The van der Waals surface area contributed by atoms with Gasteiger partial charge in [-0.2, -0.15) is 0 Å². The minimum absolute atomic E-state index is 0.124. The molecule has 0 aromatic carbocycles. The summed E-state index contributed by atoms with van der Waals surface area (Å²) in [6.07, 6.45) is 3.82. The molecule has 0 aliphatic rings. The molecule has 68 valence electrons. The summed E-state index contributed by atoms with van der Waals surface area (Å²) >= 11 is 0. The maximum absolute atomic E-state index is 4.44. The molecule has 0 fully saturated rings. The van der Waals surface area contributed by atoms with Gasteiger partial charge in [-0.25, -0.2) is 0 Å². The summed E-state index contributed by atoms with van der Waals surface area (Å²) in [4.78, 5) is 4.44. The van der Waals surface area contributed by atoms with Gasteiger partial charge in [0.25, 0.3) is 0 Å². The van der Waals surface area contributed by atoms with Crippen LogP contribution >= 0.6 is 0 Å². The maximum Gasteiger partial charge on any atom is 0.0417 e. The van der Waals surface area contributed by atoms with Crippen molar-refractivity contribution in [3.8, 4) is 0 Å². The average molecular weight is 165 g/mol. The molecule has 0 radical (unpaired) electrons. The summed E-state index contributed by atoms with van der Waals surface area (Å²) in [5, 5.41) is 0. The molecule has 12 heavy (non-hydrogen) atoms. The van der Waals surface area contributed by atoms with E-state index >= 15 is 0 Å². The van der Waals surface area contributed by atoms with Crippen LogP contribution in [0.15, 0.2) is 29.4 Å². The molecule has 0 saturated heterocycles. The smallest absolute Gasteiger partial charge is 0.0417 e. The molecule has 0 aliphatic carbocycles. The van der Waals surface area contributed by atoms with E-state index in [1.165, 1.54) is 0 Å². The van der Waals surface area contributed by atoms with Gasteiger partial charge in [-0.15, -0.1) is 0 Å². The van der Waals surface area contributed by atoms with Gasteiger partial charge < -0.3 is 0 Å². The van der Waals surface area contributed by atoms with E-state index in [9.17, 15) is 0 Å². The Hall–Kier alpha value is -0.850. The van der Waals surface area contributed by atoms with Crippen molar-refractivity contribution in [3.63, 3.8) is 0 Å². The first-order chi connectivity index (χ1) is 5.41. The quantitative estimate of drug-likeness (QED) is 0.554. The van der Waals surface area contributed by atoms with E-state index < -0.39 is 0 Å². The van der Waals surface area contributed by atoms with Gasteiger partial charge in [0.1, 0.15) is 0 Å². The number of allylic oxidation sites excluding steroid dienone is 3. The Kier molecular flexibility index (Phi) is 3.94. The molecule has 0 aliphatic heterocycles. The fraction of sp³-hybridized carbons (Fsp3) is 0.545. The molecule has 1 nitrogen and oxygen atoms in total. The van der Waals surface area contributed by atoms with Gasteiger partial charge in [-0.05, 0) is 19.9 Å². The van der Waals surface area contributed by atoms with Crippen molar-refractivity contribution in [2.45, 2.75) is 34.6 Å². The Morgan fingerprint density at radius 3 is 2.08 bits per heavy atom. The Balaban J connectivity index is 4.74. The molecular weight excluding hydrogens is 146 g/mol. The van der Waals surface area contributed by atoms with Gasteiger partial charge in [-0.1, -0.05) is 33.4 Å². The van der Waals surface area contributed by atoms with Gasteiger partial charge in [0.05, 0.1) is 0 Å². The van der Waals surface area contributed by atoms with Crippen LogP contribution in [-0.4, -0.2) is 5.71 Å². The Morgan fingerprint density at radius 2 is 1.83 bits per heavy atom. The van der Waals surface area contributed by atoms with Crippen LogP contribution in [0, 0.1) is 5.41 Å². The number of rotatable bonds is 2. The second-order valence-electron chi connectivity index (χ2n) is 3.88. The second-order valence-corrected chi connectivity index (χ2v) is 3.88. The third-order valence-corrected chi connectivity index (χ3v) is 1.63. The third kappa shape index (κ3) is 3.51. The van der Waals surface area contributed by atoms with Crippen LogP contribution in [-0.2, 0) is 0 Å². The number of aliphatic imine (C=N–C) groups is 1. The number of nitrogens with zero attached hydrogens (tertiary/aromatic N) is 1. The highest BCUT2D eigenvalue weighted by atomic mass is 14.8. The lowest BCUT2D eigenvalue weighted by Gasteiger charge is -2.19. The first-order valence-corrected chi connectivity index (χ1v) is 4.26. The summed E-state index contributed by atoms with van der Waals surface area (Å²) in [5.41, 5.74) is 2.21. The van der Waals surface area contributed by atoms with E-state index in [0.717, 1.165) is 11.4 Å². The van der Waals surface area contributed by atoms with E-state index in [-0.39, 0.29) is 5.41 Å². The highest BCUT2D eigenvalue weighted by Gasteiger charge is 2.14. The summed E-state index contributed by atoms with van der Waals surface area (Å²) < 4.78 is 0. The van der Waals surface area contributed by atoms with Crippen LogP contribution in [0.4, 0.5) is 0 Å². The lowest BCUT2D eigenvalue weighted by atomic mass is 9.92. The second kappa shape index (κ2) is 4.24. The minimum atomic E-state index is 0.124. The predicted octanol–water partition coefficient (Wildman–Crippen LogP) is 3.58. The molecule has 0 rings (SSSR count). The van der Waals surface area contributed by atoms with Crippen molar-refractivity contribution in [2.24, 2.45) is 10.4 Å². The van der Waals surface area contributed by atoms with Gasteiger partial charge in [0.15, 0.2) is 0 Å². The molecule has 0 aromatic heterocycles. The van der Waals surface area contributed by atoms with Crippen molar-refractivity contribution in [2.75, 3.05) is 0 Å². The summed E-state index contributed by atoms with van der Waals surface area (Å²) in [6.45, 7) is 14.1. The predicted molar refractivity (Wildman–Crippen MR) is 56.5 cm³/mol. The van der Waals surface area contributed by atoms with Gasteiger partial charge in [0, 0.05) is 16.8 Å². The van der Waals surface area contributed by atoms with E-state index in [1.807, 2.05) is 19.9 Å². The Labute approximate surface area is 75.9 Å². The first kappa shape index (κ1) is 11.2. The van der Waals surface area contributed by atoms with Gasteiger partial charge in [0.2, 0.25) is 0 Å². The zero-order valence-corrected chi connectivity index (χ0v) is 8.81. The standard InChI is InChI=1S/C11H19N/c1-7-9(3)12-10(8-2)11(4,5)6/h7-8H,1H2,2-6H3/b10-8-,12-9+. The van der Waals surface area contributed by atoms with Gasteiger partial charge in [-0.3, -0.25) is 4.99 Å². The zero-order chi connectivity index (χ0) is 9.78. The SMILES string of the molecule is C=C/C(C)=N/C(=C\C)C(C)(C)C. The Bertz CT molecular complexity index is 214. The van der Waals surface area contributed by atoms with Crippen LogP contribution in [0.2, 0.25) is 0 Å². The molecule has 0 aromatic rings. The normalized spacial score (nSPS) is 14.8. The summed E-state index contributed by atoms with van der Waals surface area (Å²) in [5.74, 6) is 0. The lowest BCUT2D eigenvalue weighted by Crippen LogP contribution is -2.08. The summed E-state index contributed by atoms with van der Waals surface area (Å²) in [6, 6.07) is 0. The maximum atomic E-state index is 4.44. The highest BCUT2D eigenvalue weighted by Crippen LogP contribution is 2.26. The summed E-state index contributed by atoms with van der Waals surface area (Å²) in [7, 11) is 0. The van der Waals surface area contributed by atoms with Gasteiger partial charge >= 0.3 is 0 Å². The number of hydrogen-bond acceptors (Lipinski definition) is 1. The van der Waals surface area contributed by atoms with Crippen molar-refractivity contribution < 1.29 is 0 Å². The van der Waals surface area contributed by atoms with Crippen molar-refractivity contribution in [1.29, 1.82) is 0 Å². The fourth-order valence-corrected chi connectivity index (χ4v) is 0.901. The fourth-order valence-electron chi connectivity index (χ4n) is 0.901. The lowest BCUT2D eigenvalue weighted by molar-refractivity contribution is 0.497. The van der Waals surface area contributed by atoms with Crippen LogP contribution in [0.3, 0.4) is 0 Å². The molecule has 0 amide bonds. The third-order valence-electron chi connectivity index (χ3n) is 1.63. The molecule has 0 atom stereocenters. The molecule has 0 bridgehead atoms. The van der Waals surface area contributed by atoms with Crippen LogP contribution in [0.1, 0.15) is 34.6 Å². The molecule has 1 heteroatoms. The molecule has 0 saturated carbocycles. The number of hydrogen-bond donors (Lipinski definition) is 0. The van der Waals surface area contributed by atoms with E-state index in [2.05, 4.69) is 32.3 Å². The topological polar surface area (TPSA) is 12.4 Å². The van der Waals surface area contributed by atoms with Crippen molar-refractivity contribution >= 4 is 5.71 Å². The molecular formula is C11H19N.